The Hall–Kier alpha value is -3.47. The SMILES string of the molecule is O=C(Nc1ccc2c(c1)OCO2)c1csc(Nc2ccc(OC(F)(F)F)cc2)n1. The van der Waals surface area contributed by atoms with E-state index in [1.807, 2.05) is 0 Å². The molecule has 150 valence electrons. The Kier molecular flexibility index (Phi) is 4.89. The Balaban J connectivity index is 1.38. The van der Waals surface area contributed by atoms with Crippen molar-refractivity contribution in [1.29, 1.82) is 0 Å². The van der Waals surface area contributed by atoms with E-state index >= 15 is 0 Å². The number of aromatic nitrogens is 1. The monoisotopic (exact) mass is 423 g/mol. The molecule has 2 N–H and O–H groups in total. The van der Waals surface area contributed by atoms with Crippen molar-refractivity contribution in [3.05, 3.63) is 53.5 Å². The minimum atomic E-state index is -4.75. The third kappa shape index (κ3) is 4.69. The lowest BCUT2D eigenvalue weighted by molar-refractivity contribution is -0.274. The Labute approximate surface area is 166 Å². The van der Waals surface area contributed by atoms with Gasteiger partial charge in [0.15, 0.2) is 16.6 Å². The Morgan fingerprint density at radius 2 is 1.79 bits per heavy atom. The number of hydrogen-bond acceptors (Lipinski definition) is 7. The van der Waals surface area contributed by atoms with E-state index in [1.165, 1.54) is 35.6 Å². The fourth-order valence-electron chi connectivity index (χ4n) is 2.47. The lowest BCUT2D eigenvalue weighted by atomic mass is 10.2. The third-order valence-electron chi connectivity index (χ3n) is 3.71. The second-order valence-electron chi connectivity index (χ2n) is 5.76. The highest BCUT2D eigenvalue weighted by Gasteiger charge is 2.31. The van der Waals surface area contributed by atoms with Crippen LogP contribution in [0.5, 0.6) is 17.2 Å². The number of anilines is 3. The first-order valence-electron chi connectivity index (χ1n) is 8.15. The fourth-order valence-corrected chi connectivity index (χ4v) is 3.18. The molecule has 29 heavy (non-hydrogen) atoms. The summed E-state index contributed by atoms with van der Waals surface area (Å²) in [6.07, 6.45) is -4.75. The highest BCUT2D eigenvalue weighted by molar-refractivity contribution is 7.14. The summed E-state index contributed by atoms with van der Waals surface area (Å²) in [4.78, 5) is 16.6. The van der Waals surface area contributed by atoms with Gasteiger partial charge in [0.2, 0.25) is 6.79 Å². The zero-order chi connectivity index (χ0) is 20.4. The number of hydrogen-bond donors (Lipinski definition) is 2. The molecule has 3 aromatic rings. The predicted octanol–water partition coefficient (Wildman–Crippen LogP) is 4.77. The van der Waals surface area contributed by atoms with Crippen LogP contribution in [-0.2, 0) is 0 Å². The molecule has 1 aliphatic heterocycles. The van der Waals surface area contributed by atoms with E-state index in [0.717, 1.165) is 0 Å². The number of carbonyl (C=O) groups is 1. The van der Waals surface area contributed by atoms with Crippen molar-refractivity contribution in [1.82, 2.24) is 4.98 Å². The summed E-state index contributed by atoms with van der Waals surface area (Å²) in [5, 5.41) is 7.60. The van der Waals surface area contributed by atoms with Crippen LogP contribution < -0.4 is 24.8 Å². The Bertz CT molecular complexity index is 1040. The number of benzene rings is 2. The maximum atomic E-state index is 12.4. The Morgan fingerprint density at radius 3 is 2.55 bits per heavy atom. The normalized spacial score (nSPS) is 12.5. The summed E-state index contributed by atoms with van der Waals surface area (Å²) in [6, 6.07) is 10.2. The number of ether oxygens (including phenoxy) is 3. The van der Waals surface area contributed by atoms with Crippen LogP contribution in [-0.4, -0.2) is 24.0 Å². The minimum Gasteiger partial charge on any atom is -0.454 e. The molecule has 0 fully saturated rings. The van der Waals surface area contributed by atoms with Gasteiger partial charge >= 0.3 is 6.36 Å². The molecule has 0 atom stereocenters. The molecule has 11 heteroatoms. The molecule has 0 unspecified atom stereocenters. The molecule has 0 radical (unpaired) electrons. The average molecular weight is 423 g/mol. The van der Waals surface area contributed by atoms with Crippen molar-refractivity contribution in [2.24, 2.45) is 0 Å². The molecular formula is C18H12F3N3O4S. The van der Waals surface area contributed by atoms with Crippen molar-refractivity contribution in [2.75, 3.05) is 17.4 Å². The zero-order valence-electron chi connectivity index (χ0n) is 14.4. The summed E-state index contributed by atoms with van der Waals surface area (Å²) in [5.74, 6) is 0.407. The van der Waals surface area contributed by atoms with Gasteiger partial charge in [0, 0.05) is 22.8 Å². The van der Waals surface area contributed by atoms with Gasteiger partial charge in [0.25, 0.3) is 5.91 Å². The van der Waals surface area contributed by atoms with Crippen molar-refractivity contribution < 1.29 is 32.2 Å². The minimum absolute atomic E-state index is 0.136. The molecule has 4 rings (SSSR count). The van der Waals surface area contributed by atoms with Crippen LogP contribution in [0.3, 0.4) is 0 Å². The number of carbonyl (C=O) groups excluding carboxylic acids is 1. The first-order valence-corrected chi connectivity index (χ1v) is 9.03. The highest BCUT2D eigenvalue weighted by Crippen LogP contribution is 2.34. The molecular weight excluding hydrogens is 411 g/mol. The lowest BCUT2D eigenvalue weighted by Crippen LogP contribution is -2.16. The number of halogens is 3. The van der Waals surface area contributed by atoms with Gasteiger partial charge in [-0.05, 0) is 36.4 Å². The number of thiazole rings is 1. The van der Waals surface area contributed by atoms with Crippen LogP contribution in [0.25, 0.3) is 0 Å². The second kappa shape index (κ2) is 7.51. The van der Waals surface area contributed by atoms with Crippen LogP contribution in [0.2, 0.25) is 0 Å². The number of nitrogens with one attached hydrogen (secondary N) is 2. The van der Waals surface area contributed by atoms with Crippen molar-refractivity contribution in [3.8, 4) is 17.2 Å². The van der Waals surface area contributed by atoms with Crippen molar-refractivity contribution in [2.45, 2.75) is 6.36 Å². The quantitative estimate of drug-likeness (QED) is 0.616. The lowest BCUT2D eigenvalue weighted by Gasteiger charge is -2.09. The van der Waals surface area contributed by atoms with Crippen molar-refractivity contribution in [3.63, 3.8) is 0 Å². The van der Waals surface area contributed by atoms with E-state index in [-0.39, 0.29) is 18.2 Å². The van der Waals surface area contributed by atoms with Gasteiger partial charge in [0.05, 0.1) is 0 Å². The van der Waals surface area contributed by atoms with Crippen molar-refractivity contribution >= 4 is 33.8 Å². The molecule has 2 aromatic carbocycles. The van der Waals surface area contributed by atoms with E-state index in [2.05, 4.69) is 20.4 Å². The molecule has 0 bridgehead atoms. The van der Waals surface area contributed by atoms with Crippen LogP contribution in [0.1, 0.15) is 10.5 Å². The molecule has 0 saturated heterocycles. The van der Waals surface area contributed by atoms with Gasteiger partial charge in [-0.1, -0.05) is 0 Å². The van der Waals surface area contributed by atoms with Gasteiger partial charge < -0.3 is 24.8 Å². The smallest absolute Gasteiger partial charge is 0.454 e. The van der Waals surface area contributed by atoms with Crippen LogP contribution >= 0.6 is 11.3 Å². The fraction of sp³-hybridized carbons (Fsp3) is 0.111. The summed E-state index contributed by atoms with van der Waals surface area (Å²) in [7, 11) is 0. The van der Waals surface area contributed by atoms with Crippen LogP contribution in [0.4, 0.5) is 29.7 Å². The third-order valence-corrected chi connectivity index (χ3v) is 4.46. The molecule has 0 spiro atoms. The summed E-state index contributed by atoms with van der Waals surface area (Å²) < 4.78 is 50.9. The maximum Gasteiger partial charge on any atom is 0.573 e. The van der Waals surface area contributed by atoms with Gasteiger partial charge in [-0.3, -0.25) is 4.79 Å². The largest absolute Gasteiger partial charge is 0.573 e. The maximum absolute atomic E-state index is 12.4. The summed E-state index contributed by atoms with van der Waals surface area (Å²) >= 11 is 1.18. The Morgan fingerprint density at radius 1 is 1.07 bits per heavy atom. The van der Waals surface area contributed by atoms with E-state index in [1.54, 1.807) is 23.6 Å². The number of rotatable bonds is 5. The van der Waals surface area contributed by atoms with Gasteiger partial charge in [0.1, 0.15) is 11.4 Å². The second-order valence-corrected chi connectivity index (χ2v) is 6.62. The summed E-state index contributed by atoms with van der Waals surface area (Å²) in [6.45, 7) is 0.136. The predicted molar refractivity (Wildman–Crippen MR) is 99.0 cm³/mol. The first kappa shape index (κ1) is 18.9. The standard InChI is InChI=1S/C18H12F3N3O4S/c19-18(20,21)28-12-4-1-10(2-5-12)23-17-24-13(8-29-17)16(25)22-11-3-6-14-15(7-11)27-9-26-14/h1-8H,9H2,(H,22,25)(H,23,24). The van der Waals surface area contributed by atoms with Gasteiger partial charge in [-0.2, -0.15) is 0 Å². The molecule has 7 nitrogen and oxygen atoms in total. The molecule has 1 aromatic heterocycles. The average Bonchev–Trinajstić information content (AvgIpc) is 3.31. The van der Waals surface area contributed by atoms with E-state index in [9.17, 15) is 18.0 Å². The number of nitrogens with zero attached hydrogens (tertiary/aromatic N) is 1. The molecule has 0 aliphatic carbocycles. The number of fused-ring (bicyclic) bond motifs is 1. The summed E-state index contributed by atoms with van der Waals surface area (Å²) in [5.41, 5.74) is 1.21. The molecule has 0 saturated carbocycles. The van der Waals surface area contributed by atoms with E-state index in [4.69, 9.17) is 9.47 Å². The first-order chi connectivity index (χ1) is 13.9. The topological polar surface area (TPSA) is 81.7 Å². The number of alkyl halides is 3. The van der Waals surface area contributed by atoms with Gasteiger partial charge in [-0.25, -0.2) is 4.98 Å². The molecule has 1 amide bonds. The molecule has 1 aliphatic rings. The number of amides is 1. The van der Waals surface area contributed by atoms with Crippen LogP contribution in [0, 0.1) is 0 Å². The molecule has 2 heterocycles. The van der Waals surface area contributed by atoms with Gasteiger partial charge in [-0.15, -0.1) is 24.5 Å². The van der Waals surface area contributed by atoms with Crippen LogP contribution in [0.15, 0.2) is 47.8 Å². The zero-order valence-corrected chi connectivity index (χ0v) is 15.3. The van der Waals surface area contributed by atoms with E-state index in [0.29, 0.717) is 28.0 Å². The highest BCUT2D eigenvalue weighted by atomic mass is 32.1. The van der Waals surface area contributed by atoms with E-state index < -0.39 is 12.3 Å².